The monoisotopic (exact) mass is 563 g/mol. The molecule has 1 aromatic carbocycles. The maximum Gasteiger partial charge on any atom is 0.419 e. The molecule has 1 saturated heterocycles. The highest BCUT2D eigenvalue weighted by Crippen LogP contribution is 2.46. The zero-order valence-corrected chi connectivity index (χ0v) is 21.5. The quantitative estimate of drug-likeness (QED) is 0.356. The van der Waals surface area contributed by atoms with Crippen molar-refractivity contribution in [3.05, 3.63) is 53.2 Å². The average molecular weight is 563 g/mol. The molecule has 2 aromatic heterocycles. The molecule has 0 amide bonds. The Bertz CT molecular complexity index is 1490. The molecule has 0 aliphatic carbocycles. The number of anilines is 1. The standard InChI is InChI=1S/C22H23F5N5O3PS/c1-13(14-4-3-5-16(20(14)24)22(25,26)27)29-21-15-10-19(28-12-17(15)30-18(11-23)31-21)36(33)8-6-32(7-9-36)37(2,34)35/h3-5,10,12-13H,6-9,11H2,1-2H3,(H,29,30,31)/t13-/m1/s1. The smallest absolute Gasteiger partial charge is 0.363 e. The van der Waals surface area contributed by atoms with Crippen molar-refractivity contribution in [3.8, 4) is 0 Å². The molecule has 4 rings (SSSR count). The summed E-state index contributed by atoms with van der Waals surface area (Å²) in [6, 6.07) is 3.35. The molecular weight excluding hydrogens is 540 g/mol. The molecule has 1 atom stereocenters. The van der Waals surface area contributed by atoms with Gasteiger partial charge in [-0.25, -0.2) is 31.5 Å². The van der Waals surface area contributed by atoms with E-state index in [0.29, 0.717) is 6.07 Å². The first-order valence-electron chi connectivity index (χ1n) is 11.1. The van der Waals surface area contributed by atoms with Gasteiger partial charge in [0, 0.05) is 36.4 Å². The van der Waals surface area contributed by atoms with E-state index in [2.05, 4.69) is 20.3 Å². The molecule has 1 fully saturated rings. The van der Waals surface area contributed by atoms with Crippen molar-refractivity contribution < 1.29 is 34.9 Å². The van der Waals surface area contributed by atoms with Gasteiger partial charge in [0.1, 0.15) is 30.9 Å². The highest BCUT2D eigenvalue weighted by Gasteiger charge is 2.36. The van der Waals surface area contributed by atoms with Gasteiger partial charge < -0.3 is 9.88 Å². The minimum atomic E-state index is -4.89. The molecule has 37 heavy (non-hydrogen) atoms. The van der Waals surface area contributed by atoms with E-state index in [-0.39, 0.29) is 59.0 Å². The van der Waals surface area contributed by atoms with E-state index in [1.54, 1.807) is 0 Å². The maximum atomic E-state index is 14.7. The molecule has 0 spiro atoms. The van der Waals surface area contributed by atoms with Crippen LogP contribution in [0.25, 0.3) is 10.9 Å². The number of aromatic nitrogens is 3. The number of fused-ring (bicyclic) bond motifs is 1. The van der Waals surface area contributed by atoms with E-state index in [9.17, 15) is 34.9 Å². The van der Waals surface area contributed by atoms with Crippen LogP contribution in [-0.2, 0) is 27.4 Å². The number of halogens is 5. The van der Waals surface area contributed by atoms with Gasteiger partial charge in [-0.15, -0.1) is 0 Å². The van der Waals surface area contributed by atoms with E-state index in [0.717, 1.165) is 12.3 Å². The molecule has 0 unspecified atom stereocenters. The van der Waals surface area contributed by atoms with Gasteiger partial charge in [-0.05, 0) is 19.1 Å². The SMILES string of the molecule is C[C@@H](Nc1nc(CF)nc2cnc(P3(=O)CCN(S(C)(=O)=O)CC3)cc12)c1cccc(C(F)(F)F)c1F. The highest BCUT2D eigenvalue weighted by atomic mass is 32.2. The number of rotatable bonds is 6. The fourth-order valence-corrected chi connectivity index (χ4v) is 7.74. The Morgan fingerprint density at radius 2 is 1.86 bits per heavy atom. The second kappa shape index (κ2) is 9.88. The van der Waals surface area contributed by atoms with Crippen LogP contribution in [0.2, 0.25) is 0 Å². The van der Waals surface area contributed by atoms with Crippen molar-refractivity contribution in [3.63, 3.8) is 0 Å². The van der Waals surface area contributed by atoms with Crippen LogP contribution in [-0.4, -0.2) is 59.3 Å². The predicted molar refractivity (Wildman–Crippen MR) is 129 cm³/mol. The van der Waals surface area contributed by atoms with E-state index in [1.165, 1.54) is 29.6 Å². The highest BCUT2D eigenvalue weighted by molar-refractivity contribution is 7.88. The van der Waals surface area contributed by atoms with Gasteiger partial charge >= 0.3 is 6.18 Å². The summed E-state index contributed by atoms with van der Waals surface area (Å²) in [6.07, 6.45) is -2.39. The first-order valence-corrected chi connectivity index (χ1v) is 15.0. The van der Waals surface area contributed by atoms with Crippen molar-refractivity contribution >= 4 is 39.3 Å². The van der Waals surface area contributed by atoms with E-state index < -0.39 is 47.4 Å². The molecule has 3 aromatic rings. The summed E-state index contributed by atoms with van der Waals surface area (Å²) in [5.41, 5.74) is -1.31. The van der Waals surface area contributed by atoms with Gasteiger partial charge in [0.05, 0.1) is 29.6 Å². The van der Waals surface area contributed by atoms with E-state index >= 15 is 0 Å². The first kappa shape index (κ1) is 27.3. The largest absolute Gasteiger partial charge is 0.419 e. The number of nitrogens with zero attached hydrogens (tertiary/aromatic N) is 4. The summed E-state index contributed by atoms with van der Waals surface area (Å²) >= 11 is 0. The molecular formula is C22H23F5N5O3PS. The Morgan fingerprint density at radius 3 is 2.46 bits per heavy atom. The minimum absolute atomic E-state index is 0.00647. The third-order valence-corrected chi connectivity index (χ3v) is 10.4. The number of pyridine rings is 1. The molecule has 1 N–H and O–H groups in total. The molecule has 200 valence electrons. The molecule has 0 radical (unpaired) electrons. The third-order valence-electron chi connectivity index (χ3n) is 6.19. The van der Waals surface area contributed by atoms with Crippen molar-refractivity contribution in [2.24, 2.45) is 0 Å². The van der Waals surface area contributed by atoms with Crippen molar-refractivity contribution in [2.45, 2.75) is 25.8 Å². The van der Waals surface area contributed by atoms with Crippen LogP contribution < -0.4 is 10.8 Å². The third kappa shape index (κ3) is 5.60. The normalized spacial score (nSPS) is 17.6. The summed E-state index contributed by atoms with van der Waals surface area (Å²) in [6.45, 7) is 0.499. The van der Waals surface area contributed by atoms with Gasteiger partial charge in [0.15, 0.2) is 5.82 Å². The number of hydrogen-bond acceptors (Lipinski definition) is 7. The van der Waals surface area contributed by atoms with E-state index in [1.807, 2.05) is 0 Å². The fraction of sp³-hybridized carbons (Fsp3) is 0.409. The Labute approximate surface area is 209 Å². The number of alkyl halides is 4. The van der Waals surface area contributed by atoms with Crippen LogP contribution in [0.1, 0.15) is 29.9 Å². The molecule has 3 heterocycles. The Hall–Kier alpha value is -2.70. The van der Waals surface area contributed by atoms with E-state index in [4.69, 9.17) is 0 Å². The van der Waals surface area contributed by atoms with Crippen LogP contribution in [0.3, 0.4) is 0 Å². The van der Waals surface area contributed by atoms with Crippen LogP contribution in [0.15, 0.2) is 30.5 Å². The number of sulfonamides is 1. The van der Waals surface area contributed by atoms with Crippen LogP contribution in [0, 0.1) is 5.82 Å². The van der Waals surface area contributed by atoms with Crippen LogP contribution in [0.5, 0.6) is 0 Å². The fourth-order valence-electron chi connectivity index (χ4n) is 4.18. The lowest BCUT2D eigenvalue weighted by molar-refractivity contribution is -0.140. The number of benzene rings is 1. The lowest BCUT2D eigenvalue weighted by Gasteiger charge is -2.30. The van der Waals surface area contributed by atoms with Crippen molar-refractivity contribution in [1.82, 2.24) is 19.3 Å². The zero-order valence-electron chi connectivity index (χ0n) is 19.8. The summed E-state index contributed by atoms with van der Waals surface area (Å²) in [4.78, 5) is 12.4. The summed E-state index contributed by atoms with van der Waals surface area (Å²) in [5.74, 6) is -1.66. The average Bonchev–Trinajstić information content (AvgIpc) is 2.82. The molecule has 1 aliphatic heterocycles. The molecule has 0 saturated carbocycles. The summed E-state index contributed by atoms with van der Waals surface area (Å²) < 4.78 is 106. The van der Waals surface area contributed by atoms with Gasteiger partial charge in [-0.2, -0.15) is 13.2 Å². The summed E-state index contributed by atoms with van der Waals surface area (Å²) in [5, 5.41) is 3.10. The van der Waals surface area contributed by atoms with Gasteiger partial charge in [0.25, 0.3) is 0 Å². The second-order valence-corrected chi connectivity index (χ2v) is 13.9. The van der Waals surface area contributed by atoms with Gasteiger partial charge in [-0.3, -0.25) is 4.98 Å². The minimum Gasteiger partial charge on any atom is -0.363 e. The van der Waals surface area contributed by atoms with Gasteiger partial charge in [-0.1, -0.05) is 12.1 Å². The maximum absolute atomic E-state index is 14.7. The molecule has 8 nitrogen and oxygen atoms in total. The first-order chi connectivity index (χ1) is 17.2. The van der Waals surface area contributed by atoms with Crippen molar-refractivity contribution in [2.75, 3.05) is 37.0 Å². The zero-order chi connectivity index (χ0) is 27.2. The lowest BCUT2D eigenvalue weighted by Crippen LogP contribution is -2.40. The lowest BCUT2D eigenvalue weighted by atomic mass is 10.0. The molecule has 0 bridgehead atoms. The Balaban J connectivity index is 1.72. The number of nitrogens with one attached hydrogen (secondary N) is 1. The Kier molecular flexibility index (Phi) is 7.30. The molecule has 15 heteroatoms. The van der Waals surface area contributed by atoms with Gasteiger partial charge in [0.2, 0.25) is 10.0 Å². The predicted octanol–water partition coefficient (Wildman–Crippen LogP) is 4.09. The topological polar surface area (TPSA) is 105 Å². The number of hydrogen-bond donors (Lipinski definition) is 1. The molecule has 1 aliphatic rings. The summed E-state index contributed by atoms with van der Waals surface area (Å²) in [7, 11) is -6.54. The Morgan fingerprint density at radius 1 is 1.19 bits per heavy atom. The van der Waals surface area contributed by atoms with Crippen molar-refractivity contribution in [1.29, 1.82) is 0 Å². The second-order valence-electron chi connectivity index (χ2n) is 8.75. The van der Waals surface area contributed by atoms with Crippen LogP contribution in [0.4, 0.5) is 27.8 Å². The van der Waals surface area contributed by atoms with Crippen LogP contribution >= 0.6 is 7.14 Å².